The molecule has 0 heterocycles. The maximum Gasteiger partial charge on any atom is 0.0771 e. The zero-order valence-electron chi connectivity index (χ0n) is 6.76. The molecule has 0 aliphatic carbocycles. The van der Waals surface area contributed by atoms with Gasteiger partial charge in [-0.15, -0.1) is 0 Å². The molecular formula is C8H16O2. The first-order valence-electron chi connectivity index (χ1n) is 3.57. The topological polar surface area (TPSA) is 29.5 Å². The maximum atomic E-state index is 9.02. The smallest absolute Gasteiger partial charge is 0.0771 e. The average Bonchev–Trinajstić information content (AvgIpc) is 1.87. The summed E-state index contributed by atoms with van der Waals surface area (Å²) in [6, 6.07) is 0. The fraction of sp³-hybridized carbons (Fsp3) is 0.750. The number of hydrogen-bond donors (Lipinski definition) is 1. The van der Waals surface area contributed by atoms with Crippen molar-refractivity contribution in [3.8, 4) is 0 Å². The molecule has 60 valence electrons. The second kappa shape index (κ2) is 5.45. The van der Waals surface area contributed by atoms with Gasteiger partial charge in [-0.3, -0.25) is 0 Å². The second-order valence-corrected chi connectivity index (χ2v) is 2.53. The summed E-state index contributed by atoms with van der Waals surface area (Å²) in [7, 11) is 0. The molecule has 0 aromatic rings. The fourth-order valence-electron chi connectivity index (χ4n) is 0.487. The Bertz CT molecular complexity index is 99.4. The van der Waals surface area contributed by atoms with Crippen LogP contribution in [0.3, 0.4) is 0 Å². The minimum absolute atomic E-state index is 0.320. The van der Waals surface area contributed by atoms with Gasteiger partial charge in [0.05, 0.1) is 19.3 Å². The molecule has 0 saturated carbocycles. The van der Waals surface area contributed by atoms with Crippen LogP contribution in [0.2, 0.25) is 0 Å². The van der Waals surface area contributed by atoms with Crippen molar-refractivity contribution >= 4 is 0 Å². The molecule has 0 amide bonds. The third-order valence-electron chi connectivity index (χ3n) is 1.13. The van der Waals surface area contributed by atoms with E-state index in [-0.39, 0.29) is 6.10 Å². The van der Waals surface area contributed by atoms with Crippen LogP contribution >= 0.6 is 0 Å². The Kier molecular flexibility index (Phi) is 5.26. The molecule has 0 aromatic heterocycles. The molecule has 10 heavy (non-hydrogen) atoms. The fourth-order valence-corrected chi connectivity index (χ4v) is 0.487. The van der Waals surface area contributed by atoms with E-state index in [1.807, 2.05) is 13.8 Å². The van der Waals surface area contributed by atoms with E-state index < -0.39 is 0 Å². The van der Waals surface area contributed by atoms with Crippen molar-refractivity contribution in [2.45, 2.75) is 26.4 Å². The van der Waals surface area contributed by atoms with Crippen molar-refractivity contribution in [3.05, 3.63) is 12.2 Å². The predicted octanol–water partition coefficient (Wildman–Crippen LogP) is 1.35. The molecule has 2 heteroatoms. The summed E-state index contributed by atoms with van der Waals surface area (Å²) < 4.78 is 5.10. The highest BCUT2D eigenvalue weighted by Gasteiger charge is 1.98. The average molecular weight is 144 g/mol. The normalized spacial score (nSPS) is 13.1. The monoisotopic (exact) mass is 144 g/mol. The molecule has 0 aliphatic heterocycles. The molecule has 0 fully saturated rings. The summed E-state index contributed by atoms with van der Waals surface area (Å²) in [5.74, 6) is 0. The van der Waals surface area contributed by atoms with Gasteiger partial charge in [0.1, 0.15) is 0 Å². The lowest BCUT2D eigenvalue weighted by Gasteiger charge is -2.07. The molecule has 1 atom stereocenters. The summed E-state index contributed by atoms with van der Waals surface area (Å²) in [5, 5.41) is 9.02. The van der Waals surface area contributed by atoms with E-state index in [0.717, 1.165) is 12.0 Å². The predicted molar refractivity (Wildman–Crippen MR) is 41.9 cm³/mol. The van der Waals surface area contributed by atoms with E-state index >= 15 is 0 Å². The first-order chi connectivity index (χ1) is 4.66. The van der Waals surface area contributed by atoms with E-state index in [0.29, 0.717) is 13.2 Å². The number of ether oxygens (including phenoxy) is 1. The van der Waals surface area contributed by atoms with Gasteiger partial charge in [0, 0.05) is 0 Å². The van der Waals surface area contributed by atoms with Gasteiger partial charge in [0.15, 0.2) is 0 Å². The molecule has 0 aliphatic rings. The van der Waals surface area contributed by atoms with Crippen LogP contribution in [-0.4, -0.2) is 24.4 Å². The van der Waals surface area contributed by atoms with Crippen molar-refractivity contribution in [2.75, 3.05) is 13.2 Å². The number of rotatable bonds is 5. The highest BCUT2D eigenvalue weighted by atomic mass is 16.5. The van der Waals surface area contributed by atoms with Crippen molar-refractivity contribution in [3.63, 3.8) is 0 Å². The lowest BCUT2D eigenvalue weighted by Crippen LogP contribution is -2.14. The maximum absolute atomic E-state index is 9.02. The Labute approximate surface area is 62.5 Å². The van der Waals surface area contributed by atoms with Crippen molar-refractivity contribution in [2.24, 2.45) is 0 Å². The largest absolute Gasteiger partial charge is 0.391 e. The van der Waals surface area contributed by atoms with Crippen LogP contribution in [0.15, 0.2) is 12.2 Å². The Balaban J connectivity index is 3.11. The zero-order valence-corrected chi connectivity index (χ0v) is 6.76. The lowest BCUT2D eigenvalue weighted by atomic mass is 10.3. The van der Waals surface area contributed by atoms with Crippen LogP contribution < -0.4 is 0 Å². The van der Waals surface area contributed by atoms with E-state index in [2.05, 4.69) is 6.58 Å². The number of aliphatic hydroxyl groups is 1. The first-order valence-corrected chi connectivity index (χ1v) is 3.57. The van der Waals surface area contributed by atoms with Crippen LogP contribution in [0, 0.1) is 0 Å². The van der Waals surface area contributed by atoms with Gasteiger partial charge < -0.3 is 9.84 Å². The molecule has 0 spiro atoms. The number of aliphatic hydroxyl groups excluding tert-OH is 1. The molecule has 0 saturated heterocycles. The summed E-state index contributed by atoms with van der Waals surface area (Å²) in [6.07, 6.45) is 0.426. The summed E-state index contributed by atoms with van der Waals surface area (Å²) in [5.41, 5.74) is 0.989. The van der Waals surface area contributed by atoms with E-state index in [1.54, 1.807) is 0 Å². The van der Waals surface area contributed by atoms with Crippen molar-refractivity contribution < 1.29 is 9.84 Å². The highest BCUT2D eigenvalue weighted by Crippen LogP contribution is 1.93. The van der Waals surface area contributed by atoms with Gasteiger partial charge in [-0.05, 0) is 13.3 Å². The second-order valence-electron chi connectivity index (χ2n) is 2.53. The zero-order chi connectivity index (χ0) is 7.98. The van der Waals surface area contributed by atoms with Crippen molar-refractivity contribution in [1.82, 2.24) is 0 Å². The van der Waals surface area contributed by atoms with Crippen molar-refractivity contribution in [1.29, 1.82) is 0 Å². The van der Waals surface area contributed by atoms with Gasteiger partial charge in [0.2, 0.25) is 0 Å². The van der Waals surface area contributed by atoms with Crippen LogP contribution in [0.5, 0.6) is 0 Å². The minimum atomic E-state index is -0.320. The van der Waals surface area contributed by atoms with Gasteiger partial charge >= 0.3 is 0 Å². The van der Waals surface area contributed by atoms with E-state index in [1.165, 1.54) is 0 Å². The van der Waals surface area contributed by atoms with Gasteiger partial charge in [0.25, 0.3) is 0 Å². The SMILES string of the molecule is C=C(C)COCC(O)CC. The molecule has 2 nitrogen and oxygen atoms in total. The molecule has 1 N–H and O–H groups in total. The van der Waals surface area contributed by atoms with Crippen LogP contribution in [-0.2, 0) is 4.74 Å². The highest BCUT2D eigenvalue weighted by molar-refractivity contribution is 4.87. The quantitative estimate of drug-likeness (QED) is 0.590. The Morgan fingerprint density at radius 3 is 2.70 bits per heavy atom. The summed E-state index contributed by atoms with van der Waals surface area (Å²) in [6.45, 7) is 8.47. The molecule has 0 bridgehead atoms. The standard InChI is InChI=1S/C8H16O2/c1-4-8(9)6-10-5-7(2)3/h8-9H,2,4-6H2,1,3H3. The van der Waals surface area contributed by atoms with E-state index in [9.17, 15) is 0 Å². The van der Waals surface area contributed by atoms with Gasteiger partial charge in [-0.25, -0.2) is 0 Å². The van der Waals surface area contributed by atoms with Crippen LogP contribution in [0.1, 0.15) is 20.3 Å². The van der Waals surface area contributed by atoms with Crippen LogP contribution in [0.25, 0.3) is 0 Å². The Hall–Kier alpha value is -0.340. The summed E-state index contributed by atoms with van der Waals surface area (Å²) in [4.78, 5) is 0. The van der Waals surface area contributed by atoms with Gasteiger partial charge in [-0.1, -0.05) is 19.1 Å². The molecule has 0 radical (unpaired) electrons. The third kappa shape index (κ3) is 5.79. The molecule has 1 unspecified atom stereocenters. The number of hydrogen-bond acceptors (Lipinski definition) is 2. The van der Waals surface area contributed by atoms with Crippen LogP contribution in [0.4, 0.5) is 0 Å². The molecule has 0 rings (SSSR count). The lowest BCUT2D eigenvalue weighted by molar-refractivity contribution is 0.0449. The molecule has 0 aromatic carbocycles. The minimum Gasteiger partial charge on any atom is -0.391 e. The Morgan fingerprint density at radius 1 is 1.70 bits per heavy atom. The van der Waals surface area contributed by atoms with Gasteiger partial charge in [-0.2, -0.15) is 0 Å². The summed E-state index contributed by atoms with van der Waals surface area (Å²) >= 11 is 0. The third-order valence-corrected chi connectivity index (χ3v) is 1.13. The Morgan fingerprint density at radius 2 is 2.30 bits per heavy atom. The first kappa shape index (κ1) is 9.66. The van der Waals surface area contributed by atoms with E-state index in [4.69, 9.17) is 9.84 Å². The molecular weight excluding hydrogens is 128 g/mol.